The minimum absolute atomic E-state index is 0.00646. The third-order valence-corrected chi connectivity index (χ3v) is 6.20. The average Bonchev–Trinajstić information content (AvgIpc) is 3.03. The molecule has 0 spiro atoms. The summed E-state index contributed by atoms with van der Waals surface area (Å²) in [6, 6.07) is 10.4. The summed E-state index contributed by atoms with van der Waals surface area (Å²) in [6.07, 6.45) is -1.56. The number of hydrogen-bond acceptors (Lipinski definition) is 13. The lowest BCUT2D eigenvalue weighted by atomic mass is 10.2. The van der Waals surface area contributed by atoms with Gasteiger partial charge in [0.05, 0.1) is 112 Å². The van der Waals surface area contributed by atoms with Crippen LogP contribution in [0.25, 0.3) is 0 Å². The van der Waals surface area contributed by atoms with Gasteiger partial charge >= 0.3 is 12.2 Å². The first-order valence-corrected chi connectivity index (χ1v) is 17.5. The summed E-state index contributed by atoms with van der Waals surface area (Å²) in [5.74, 6) is 0. The van der Waals surface area contributed by atoms with Crippen molar-refractivity contribution in [2.24, 2.45) is 0 Å². The van der Waals surface area contributed by atoms with Gasteiger partial charge in [-0.1, -0.05) is 30.3 Å². The van der Waals surface area contributed by atoms with Crippen LogP contribution in [0.3, 0.4) is 0 Å². The Bertz CT molecular complexity index is 944. The molecule has 0 heterocycles. The van der Waals surface area contributed by atoms with E-state index in [2.05, 4.69) is 36.2 Å². The second-order valence-corrected chi connectivity index (χ2v) is 13.2. The Morgan fingerprint density at radius 2 is 0.780 bits per heavy atom. The molecule has 0 fully saturated rings. The third kappa shape index (κ3) is 28.3. The topological polar surface area (TPSA) is 133 Å². The minimum Gasteiger partial charge on any atom is -0.443 e. The van der Waals surface area contributed by atoms with Crippen LogP contribution in [0.15, 0.2) is 30.3 Å². The van der Waals surface area contributed by atoms with E-state index in [1.165, 1.54) is 5.56 Å². The van der Waals surface area contributed by atoms with Crippen LogP contribution in [0.2, 0.25) is 0 Å². The first-order valence-electron chi connectivity index (χ1n) is 17.5. The summed E-state index contributed by atoms with van der Waals surface area (Å²) < 4.78 is 54.8. The smallest absolute Gasteiger partial charge is 0.419 e. The molecule has 0 aromatic heterocycles. The van der Waals surface area contributed by atoms with Crippen LogP contribution in [0, 0.1) is 0 Å². The van der Waals surface area contributed by atoms with Crippen molar-refractivity contribution in [1.29, 1.82) is 0 Å². The number of ether oxygens (including phenoxy) is 10. The molecule has 2 amide bonds. The molecule has 0 saturated heterocycles. The number of hydrogen-bond donors (Lipinski definition) is 0. The quantitative estimate of drug-likeness (QED) is 0.109. The van der Waals surface area contributed by atoms with Gasteiger partial charge in [-0.2, -0.15) is 0 Å². The second-order valence-electron chi connectivity index (χ2n) is 13.2. The minimum atomic E-state index is -0.782. The molecule has 0 saturated carbocycles. The van der Waals surface area contributed by atoms with Gasteiger partial charge in [-0.3, -0.25) is 4.90 Å². The molecule has 0 radical (unpaired) electrons. The van der Waals surface area contributed by atoms with E-state index in [0.29, 0.717) is 99.1 Å². The number of benzene rings is 1. The van der Waals surface area contributed by atoms with Gasteiger partial charge in [0.1, 0.15) is 11.2 Å². The standard InChI is InChI=1S/C36H64N2O12/c1-35(2,3)49-33(39)38(34(40)50-36(4,5)6)14-16-42-18-20-44-22-24-46-26-28-48-30-29-47-27-25-45-23-21-43-19-17-41-15-13-37(7)31-32-11-9-8-10-12-32/h8-12H,13-31H2,1-7H3. The molecule has 0 aliphatic heterocycles. The van der Waals surface area contributed by atoms with Gasteiger partial charge in [0, 0.05) is 13.1 Å². The molecule has 1 aromatic carbocycles. The lowest BCUT2D eigenvalue weighted by Gasteiger charge is -2.28. The van der Waals surface area contributed by atoms with Crippen molar-refractivity contribution >= 4 is 12.2 Å². The third-order valence-electron chi connectivity index (χ3n) is 6.20. The van der Waals surface area contributed by atoms with E-state index < -0.39 is 23.4 Å². The number of rotatable bonds is 29. The van der Waals surface area contributed by atoms with Crippen molar-refractivity contribution in [3.63, 3.8) is 0 Å². The van der Waals surface area contributed by atoms with E-state index in [9.17, 15) is 9.59 Å². The maximum atomic E-state index is 12.5. The molecule has 50 heavy (non-hydrogen) atoms. The van der Waals surface area contributed by atoms with Crippen LogP contribution in [0.4, 0.5) is 9.59 Å². The van der Waals surface area contributed by atoms with E-state index >= 15 is 0 Å². The fraction of sp³-hybridized carbons (Fsp3) is 0.778. The average molecular weight is 717 g/mol. The predicted molar refractivity (Wildman–Crippen MR) is 189 cm³/mol. The molecule has 0 unspecified atom stereocenters. The van der Waals surface area contributed by atoms with Crippen molar-refractivity contribution in [3.8, 4) is 0 Å². The van der Waals surface area contributed by atoms with Crippen LogP contribution < -0.4 is 0 Å². The lowest BCUT2D eigenvalue weighted by molar-refractivity contribution is -0.0248. The van der Waals surface area contributed by atoms with Gasteiger partial charge in [0.2, 0.25) is 0 Å². The molecule has 0 atom stereocenters. The number of likely N-dealkylation sites (N-methyl/N-ethyl adjacent to an activating group) is 1. The van der Waals surface area contributed by atoms with E-state index in [1.54, 1.807) is 41.5 Å². The van der Waals surface area contributed by atoms with Gasteiger partial charge in [-0.05, 0) is 54.2 Å². The molecule has 0 aliphatic carbocycles. The van der Waals surface area contributed by atoms with Gasteiger partial charge in [0.15, 0.2) is 0 Å². The molecule has 1 aromatic rings. The number of amides is 2. The SMILES string of the molecule is CN(CCOCCOCCOCCOCCOCCOCCOCCOCCN(C(=O)OC(C)(C)C)C(=O)OC(C)(C)C)Cc1ccccc1. The Labute approximate surface area is 299 Å². The summed E-state index contributed by atoms with van der Waals surface area (Å²) in [7, 11) is 2.09. The predicted octanol–water partition coefficient (Wildman–Crippen LogP) is 4.42. The van der Waals surface area contributed by atoms with E-state index in [1.807, 2.05) is 6.07 Å². The highest BCUT2D eigenvalue weighted by molar-refractivity contribution is 5.88. The Kier molecular flexibility index (Phi) is 25.7. The van der Waals surface area contributed by atoms with Crippen LogP contribution in [0.1, 0.15) is 47.1 Å². The Balaban J connectivity index is 1.84. The summed E-state index contributed by atoms with van der Waals surface area (Å²) in [5, 5.41) is 0. The Morgan fingerprint density at radius 3 is 1.10 bits per heavy atom. The first kappa shape index (κ1) is 45.6. The van der Waals surface area contributed by atoms with E-state index in [0.717, 1.165) is 18.0 Å². The molecule has 290 valence electrons. The van der Waals surface area contributed by atoms with Crippen molar-refractivity contribution in [2.75, 3.05) is 126 Å². The Morgan fingerprint density at radius 1 is 0.480 bits per heavy atom. The van der Waals surface area contributed by atoms with Gasteiger partial charge in [-0.25, -0.2) is 14.5 Å². The van der Waals surface area contributed by atoms with Crippen molar-refractivity contribution in [1.82, 2.24) is 9.80 Å². The monoisotopic (exact) mass is 716 g/mol. The van der Waals surface area contributed by atoms with E-state index in [4.69, 9.17) is 47.4 Å². The van der Waals surface area contributed by atoms with Crippen LogP contribution in [-0.4, -0.2) is 159 Å². The van der Waals surface area contributed by atoms with Crippen LogP contribution in [0.5, 0.6) is 0 Å². The van der Waals surface area contributed by atoms with Gasteiger partial charge < -0.3 is 47.4 Å². The molecule has 0 aliphatic rings. The number of imide groups is 1. The van der Waals surface area contributed by atoms with Crippen molar-refractivity contribution in [2.45, 2.75) is 59.3 Å². The normalized spacial score (nSPS) is 12.0. The number of nitrogens with zero attached hydrogens (tertiary/aromatic N) is 2. The zero-order chi connectivity index (χ0) is 36.9. The van der Waals surface area contributed by atoms with Crippen molar-refractivity contribution in [3.05, 3.63) is 35.9 Å². The highest BCUT2D eigenvalue weighted by Gasteiger charge is 2.30. The second kappa shape index (κ2) is 28.2. The number of carbonyl (C=O) groups excluding carboxylic acids is 2. The highest BCUT2D eigenvalue weighted by atomic mass is 16.6. The van der Waals surface area contributed by atoms with E-state index in [-0.39, 0.29) is 13.2 Å². The zero-order valence-corrected chi connectivity index (χ0v) is 31.6. The molecular weight excluding hydrogens is 652 g/mol. The summed E-state index contributed by atoms with van der Waals surface area (Å²) in [5.41, 5.74) is -0.204. The molecule has 0 N–H and O–H groups in total. The van der Waals surface area contributed by atoms with Crippen molar-refractivity contribution < 1.29 is 57.0 Å². The van der Waals surface area contributed by atoms with Gasteiger partial charge in [-0.15, -0.1) is 0 Å². The molecule has 14 heteroatoms. The highest BCUT2D eigenvalue weighted by Crippen LogP contribution is 2.14. The fourth-order valence-electron chi connectivity index (χ4n) is 3.88. The summed E-state index contributed by atoms with van der Waals surface area (Å²) >= 11 is 0. The fourth-order valence-corrected chi connectivity index (χ4v) is 3.88. The molecule has 0 bridgehead atoms. The van der Waals surface area contributed by atoms with Gasteiger partial charge in [0.25, 0.3) is 0 Å². The van der Waals surface area contributed by atoms with Crippen LogP contribution in [-0.2, 0) is 53.9 Å². The van der Waals surface area contributed by atoms with Crippen LogP contribution >= 0.6 is 0 Å². The molecular formula is C36H64N2O12. The first-order chi connectivity index (χ1) is 23.9. The maximum absolute atomic E-state index is 12.5. The summed E-state index contributed by atoms with van der Waals surface area (Å²) in [6.45, 7) is 19.4. The largest absolute Gasteiger partial charge is 0.443 e. The maximum Gasteiger partial charge on any atom is 0.419 e. The molecule has 1 rings (SSSR count). The zero-order valence-electron chi connectivity index (χ0n) is 31.6. The number of carbonyl (C=O) groups is 2. The molecule has 14 nitrogen and oxygen atoms in total. The summed E-state index contributed by atoms with van der Waals surface area (Å²) in [4.78, 5) is 28.1. The Hall–Kier alpha value is -2.40. The lowest BCUT2D eigenvalue weighted by Crippen LogP contribution is -2.45.